The molecule has 0 atom stereocenters. The van der Waals surface area contributed by atoms with Crippen LogP contribution in [0.4, 0.5) is 0 Å². The molecular formula is C7H13NSi2. The quantitative estimate of drug-likeness (QED) is 0.578. The van der Waals surface area contributed by atoms with E-state index in [-0.39, 0.29) is 9.68 Å². The van der Waals surface area contributed by atoms with Gasteiger partial charge < -0.3 is 4.65 Å². The Hall–Kier alpha value is -0.386. The zero-order valence-electron chi connectivity index (χ0n) is 6.30. The van der Waals surface area contributed by atoms with E-state index in [1.54, 1.807) is 0 Å². The summed E-state index contributed by atoms with van der Waals surface area (Å²) in [6, 6.07) is 12.0. The topological polar surface area (TPSA) is 12.0 Å². The van der Waals surface area contributed by atoms with E-state index in [1.807, 2.05) is 0 Å². The van der Waals surface area contributed by atoms with E-state index < -0.39 is 0 Å². The number of hydrogen-bond acceptors (Lipinski definition) is 1. The maximum absolute atomic E-state index is 3.39. The van der Waals surface area contributed by atoms with E-state index in [1.165, 1.54) is 11.6 Å². The Morgan fingerprint density at radius 1 is 1.30 bits per heavy atom. The molecule has 1 nitrogen and oxygen atoms in total. The van der Waals surface area contributed by atoms with E-state index in [0.29, 0.717) is 0 Å². The second-order valence-corrected chi connectivity index (χ2v) is 6.17. The molecule has 1 aromatic rings. The fraction of sp³-hybridized carbons (Fsp3) is 0.143. The van der Waals surface area contributed by atoms with Gasteiger partial charge in [-0.2, -0.15) is 0 Å². The van der Waals surface area contributed by atoms with Crippen LogP contribution in [0.25, 0.3) is 0 Å². The van der Waals surface area contributed by atoms with Crippen LogP contribution in [0.5, 0.6) is 0 Å². The fourth-order valence-corrected chi connectivity index (χ4v) is 2.54. The van der Waals surface area contributed by atoms with Gasteiger partial charge >= 0.3 is 0 Å². The lowest BCUT2D eigenvalue weighted by Gasteiger charge is -1.97. The lowest BCUT2D eigenvalue weighted by atomic mass is 10.2. The minimum Gasteiger partial charge on any atom is -0.371 e. The molecule has 0 saturated carbocycles. The fourth-order valence-electron chi connectivity index (χ4n) is 0.914. The zero-order chi connectivity index (χ0) is 7.23. The van der Waals surface area contributed by atoms with Crippen LogP contribution in [0.15, 0.2) is 30.3 Å². The molecule has 54 valence electrons. The van der Waals surface area contributed by atoms with Crippen molar-refractivity contribution in [1.82, 2.24) is 4.65 Å². The summed E-state index contributed by atoms with van der Waals surface area (Å²) >= 11 is 0. The lowest BCUT2D eigenvalue weighted by Crippen LogP contribution is -2.17. The Morgan fingerprint density at radius 2 is 2.00 bits per heavy atom. The van der Waals surface area contributed by atoms with Crippen LogP contribution in [0.1, 0.15) is 5.56 Å². The number of benzene rings is 1. The second-order valence-electron chi connectivity index (χ2n) is 2.34. The average molecular weight is 167 g/mol. The van der Waals surface area contributed by atoms with Gasteiger partial charge in [-0.15, -0.1) is 0 Å². The summed E-state index contributed by atoms with van der Waals surface area (Å²) in [7, 11) is 1.20. The predicted octanol–water partition coefficient (Wildman–Crippen LogP) is -0.860. The van der Waals surface area contributed by atoms with E-state index >= 15 is 0 Å². The zero-order valence-corrected chi connectivity index (χ0v) is 9.72. The second kappa shape index (κ2) is 4.43. The van der Waals surface area contributed by atoms with Crippen LogP contribution in [-0.2, 0) is 6.04 Å². The van der Waals surface area contributed by atoms with Crippen molar-refractivity contribution < 1.29 is 0 Å². The van der Waals surface area contributed by atoms with Gasteiger partial charge in [0.1, 0.15) is 0 Å². The van der Waals surface area contributed by atoms with E-state index in [0.717, 1.165) is 10.4 Å². The molecule has 10 heavy (non-hydrogen) atoms. The Morgan fingerprint density at radius 3 is 2.60 bits per heavy atom. The van der Waals surface area contributed by atoms with Crippen LogP contribution in [0.2, 0.25) is 0 Å². The maximum Gasteiger partial charge on any atom is 0.0887 e. The minimum atomic E-state index is 0.0352. The third-order valence-corrected chi connectivity index (χ3v) is 4.33. The van der Waals surface area contributed by atoms with Gasteiger partial charge in [0.15, 0.2) is 0 Å². The molecule has 0 bridgehead atoms. The molecule has 0 aliphatic carbocycles. The highest BCUT2D eigenvalue weighted by Crippen LogP contribution is 1.96. The van der Waals surface area contributed by atoms with Crippen LogP contribution in [0.3, 0.4) is 0 Å². The molecule has 0 amide bonds. The molecule has 3 heteroatoms. The van der Waals surface area contributed by atoms with E-state index in [4.69, 9.17) is 0 Å². The van der Waals surface area contributed by atoms with Crippen LogP contribution in [-0.4, -0.2) is 20.1 Å². The monoisotopic (exact) mass is 167 g/mol. The van der Waals surface area contributed by atoms with Crippen molar-refractivity contribution in [3.8, 4) is 0 Å². The highest BCUT2D eigenvalue weighted by molar-refractivity contribution is 6.41. The standard InChI is InChI=1S/C7H13NSi2/c9-8-10-6-7-4-2-1-3-5-7/h1-5,8H,6,10H2,9H3. The number of rotatable bonds is 3. The normalized spacial score (nSPS) is 11.2. The summed E-state index contributed by atoms with van der Waals surface area (Å²) in [4.78, 5) is 0. The molecule has 1 rings (SSSR count). The first-order chi connectivity index (χ1) is 4.93. The molecule has 0 saturated heterocycles. The van der Waals surface area contributed by atoms with E-state index in [2.05, 4.69) is 35.0 Å². The van der Waals surface area contributed by atoms with Crippen molar-refractivity contribution >= 4 is 20.1 Å². The largest absolute Gasteiger partial charge is 0.371 e. The van der Waals surface area contributed by atoms with Gasteiger partial charge in [-0.25, -0.2) is 0 Å². The molecule has 1 N–H and O–H groups in total. The molecule has 0 aliphatic heterocycles. The van der Waals surface area contributed by atoms with Gasteiger partial charge in [-0.3, -0.25) is 0 Å². The van der Waals surface area contributed by atoms with Gasteiger partial charge in [0.05, 0.1) is 20.1 Å². The first kappa shape index (κ1) is 7.72. The molecule has 0 aromatic heterocycles. The van der Waals surface area contributed by atoms with Crippen molar-refractivity contribution in [3.05, 3.63) is 35.9 Å². The third kappa shape index (κ3) is 2.47. The molecule has 0 heterocycles. The van der Waals surface area contributed by atoms with Gasteiger partial charge in [0.2, 0.25) is 0 Å². The smallest absolute Gasteiger partial charge is 0.0887 e. The first-order valence-corrected chi connectivity index (χ1v) is 6.32. The highest BCUT2D eigenvalue weighted by Gasteiger charge is 1.87. The summed E-state index contributed by atoms with van der Waals surface area (Å²) in [5, 5.41) is 0. The highest BCUT2D eigenvalue weighted by atomic mass is 28.3. The molecule has 0 aliphatic rings. The minimum absolute atomic E-state index is 0.0352. The molecular weight excluding hydrogens is 154 g/mol. The van der Waals surface area contributed by atoms with Crippen LogP contribution >= 0.6 is 0 Å². The Kier molecular flexibility index (Phi) is 3.42. The average Bonchev–Trinajstić information content (AvgIpc) is 2.03. The molecule has 0 fully saturated rings. The Bertz CT molecular complexity index is 176. The van der Waals surface area contributed by atoms with Crippen molar-refractivity contribution in [3.63, 3.8) is 0 Å². The van der Waals surface area contributed by atoms with Crippen molar-refractivity contribution in [2.75, 3.05) is 0 Å². The summed E-state index contributed by atoms with van der Waals surface area (Å²) < 4.78 is 3.39. The molecule has 0 radical (unpaired) electrons. The molecule has 0 unspecified atom stereocenters. The maximum atomic E-state index is 3.39. The predicted molar refractivity (Wildman–Crippen MR) is 51.8 cm³/mol. The third-order valence-electron chi connectivity index (χ3n) is 1.51. The first-order valence-electron chi connectivity index (χ1n) is 3.62. The molecule has 1 aromatic carbocycles. The Balaban J connectivity index is 2.43. The van der Waals surface area contributed by atoms with Gasteiger partial charge in [0, 0.05) is 0 Å². The summed E-state index contributed by atoms with van der Waals surface area (Å²) in [5.41, 5.74) is 1.48. The lowest BCUT2D eigenvalue weighted by molar-refractivity contribution is 1.35. The van der Waals surface area contributed by atoms with Crippen molar-refractivity contribution in [1.29, 1.82) is 0 Å². The van der Waals surface area contributed by atoms with Gasteiger partial charge in [0.25, 0.3) is 0 Å². The van der Waals surface area contributed by atoms with Crippen molar-refractivity contribution in [2.45, 2.75) is 6.04 Å². The van der Waals surface area contributed by atoms with Gasteiger partial charge in [-0.05, 0) is 11.6 Å². The Labute approximate surface area is 67.3 Å². The summed E-state index contributed by atoms with van der Waals surface area (Å²) in [6.45, 7) is 0. The summed E-state index contributed by atoms with van der Waals surface area (Å²) in [6.07, 6.45) is 0. The summed E-state index contributed by atoms with van der Waals surface area (Å²) in [5.74, 6) is 0. The van der Waals surface area contributed by atoms with Crippen molar-refractivity contribution in [2.24, 2.45) is 0 Å². The van der Waals surface area contributed by atoms with Crippen LogP contribution < -0.4 is 4.65 Å². The SMILES string of the molecule is [SiH3]N[SiH2]Cc1ccccc1. The van der Waals surface area contributed by atoms with Gasteiger partial charge in [-0.1, -0.05) is 30.3 Å². The van der Waals surface area contributed by atoms with Crippen LogP contribution in [0, 0.1) is 0 Å². The van der Waals surface area contributed by atoms with E-state index in [9.17, 15) is 0 Å². The number of hydrogen-bond donors (Lipinski definition) is 1. The molecule has 0 spiro atoms. The number of nitrogens with one attached hydrogen (secondary N) is 1.